The lowest BCUT2D eigenvalue weighted by Crippen LogP contribution is -2.53. The first kappa shape index (κ1) is 42.9. The van der Waals surface area contributed by atoms with Crippen molar-refractivity contribution in [2.45, 2.75) is 59.2 Å². The SMILES string of the molecule is C=CCOC(=O)N[C@H](C(=O)N[C@@H](C)C(=O)Nc1ccc(NC(=O)c2cc(-c3ccc(NC(=O)c4cc(NC(=O)OC(C)(C)C)cn4C)cc3)cn2C)cc1)C(C)C. The Bertz CT molecular complexity index is 2110. The first-order valence-electron chi connectivity index (χ1n) is 18.1. The maximum Gasteiger partial charge on any atom is 0.412 e. The number of aromatic nitrogens is 2. The molecule has 0 saturated heterocycles. The highest BCUT2D eigenvalue weighted by Gasteiger charge is 2.28. The predicted octanol–water partition coefficient (Wildman–Crippen LogP) is 6.26. The second-order valence-corrected chi connectivity index (χ2v) is 14.6. The third-order valence-electron chi connectivity index (χ3n) is 8.31. The van der Waals surface area contributed by atoms with Crippen LogP contribution in [0.3, 0.4) is 0 Å². The van der Waals surface area contributed by atoms with E-state index in [0.29, 0.717) is 34.1 Å². The van der Waals surface area contributed by atoms with E-state index in [1.54, 1.807) is 113 Å². The largest absolute Gasteiger partial charge is 0.445 e. The molecule has 6 amide bonds. The minimum Gasteiger partial charge on any atom is -0.445 e. The van der Waals surface area contributed by atoms with Crippen LogP contribution in [0.1, 0.15) is 62.5 Å². The van der Waals surface area contributed by atoms with Crippen LogP contribution in [-0.4, -0.2) is 69.2 Å². The molecular formula is C41H50N8O8. The van der Waals surface area contributed by atoms with Gasteiger partial charge in [-0.25, -0.2) is 9.59 Å². The number of aryl methyl sites for hydroxylation is 2. The van der Waals surface area contributed by atoms with Crippen LogP contribution in [0.15, 0.2) is 85.7 Å². The van der Waals surface area contributed by atoms with Crippen molar-refractivity contribution in [1.29, 1.82) is 0 Å². The van der Waals surface area contributed by atoms with Crippen molar-refractivity contribution in [3.8, 4) is 11.1 Å². The summed E-state index contributed by atoms with van der Waals surface area (Å²) >= 11 is 0. The molecule has 2 aromatic carbocycles. The number of nitrogens with one attached hydrogen (secondary N) is 6. The van der Waals surface area contributed by atoms with Gasteiger partial charge in [-0.1, -0.05) is 38.6 Å². The lowest BCUT2D eigenvalue weighted by Gasteiger charge is -2.23. The molecule has 16 heteroatoms. The van der Waals surface area contributed by atoms with Gasteiger partial charge in [-0.2, -0.15) is 0 Å². The average molecular weight is 783 g/mol. The molecule has 0 aliphatic carbocycles. The van der Waals surface area contributed by atoms with Crippen LogP contribution in [-0.2, 0) is 33.2 Å². The molecule has 0 fully saturated rings. The zero-order chi connectivity index (χ0) is 42.0. The van der Waals surface area contributed by atoms with Gasteiger partial charge in [0.1, 0.15) is 35.7 Å². The van der Waals surface area contributed by atoms with E-state index in [2.05, 4.69) is 38.5 Å². The highest BCUT2D eigenvalue weighted by molar-refractivity contribution is 6.05. The highest BCUT2D eigenvalue weighted by atomic mass is 16.6. The molecule has 0 bridgehead atoms. The van der Waals surface area contributed by atoms with Crippen LogP contribution < -0.4 is 31.9 Å². The molecule has 4 aromatic rings. The van der Waals surface area contributed by atoms with E-state index >= 15 is 0 Å². The monoisotopic (exact) mass is 782 g/mol. The summed E-state index contributed by atoms with van der Waals surface area (Å²) in [5.74, 6) is -2.02. The van der Waals surface area contributed by atoms with Crippen LogP contribution in [0.5, 0.6) is 0 Å². The summed E-state index contributed by atoms with van der Waals surface area (Å²) in [4.78, 5) is 76.1. The molecule has 0 aliphatic heterocycles. The summed E-state index contributed by atoms with van der Waals surface area (Å²) < 4.78 is 13.5. The molecule has 2 atom stereocenters. The number of amides is 6. The van der Waals surface area contributed by atoms with Gasteiger partial charge in [0.15, 0.2) is 0 Å². The molecule has 57 heavy (non-hydrogen) atoms. The Hall–Kier alpha value is -6.84. The molecule has 0 saturated carbocycles. The number of rotatable bonds is 14. The fourth-order valence-electron chi connectivity index (χ4n) is 5.46. The number of alkyl carbamates (subject to hydrolysis) is 1. The van der Waals surface area contributed by atoms with Gasteiger partial charge in [-0.3, -0.25) is 24.5 Å². The van der Waals surface area contributed by atoms with E-state index in [0.717, 1.165) is 11.1 Å². The summed E-state index contributed by atoms with van der Waals surface area (Å²) in [6.45, 7) is 13.8. The maximum atomic E-state index is 13.3. The lowest BCUT2D eigenvalue weighted by molar-refractivity contribution is -0.128. The molecule has 0 aliphatic rings. The third-order valence-corrected chi connectivity index (χ3v) is 8.31. The van der Waals surface area contributed by atoms with Crippen LogP contribution in [0, 0.1) is 5.92 Å². The Morgan fingerprint density at radius 3 is 1.74 bits per heavy atom. The van der Waals surface area contributed by atoms with Gasteiger partial charge in [-0.15, -0.1) is 0 Å². The topological polar surface area (TPSA) is 203 Å². The van der Waals surface area contributed by atoms with Crippen molar-refractivity contribution >= 4 is 58.6 Å². The number of carbonyl (C=O) groups is 6. The van der Waals surface area contributed by atoms with Crippen molar-refractivity contribution in [3.05, 3.63) is 97.1 Å². The zero-order valence-corrected chi connectivity index (χ0v) is 33.3. The van der Waals surface area contributed by atoms with Gasteiger partial charge < -0.3 is 45.2 Å². The van der Waals surface area contributed by atoms with Crippen LogP contribution >= 0.6 is 0 Å². The molecule has 4 rings (SSSR count). The minimum atomic E-state index is -0.926. The molecule has 0 spiro atoms. The second-order valence-electron chi connectivity index (χ2n) is 14.6. The Morgan fingerprint density at radius 1 is 0.667 bits per heavy atom. The van der Waals surface area contributed by atoms with Crippen molar-refractivity contribution in [3.63, 3.8) is 0 Å². The van der Waals surface area contributed by atoms with Crippen molar-refractivity contribution in [1.82, 2.24) is 19.8 Å². The Morgan fingerprint density at radius 2 is 1.19 bits per heavy atom. The normalized spacial score (nSPS) is 12.1. The van der Waals surface area contributed by atoms with Gasteiger partial charge in [-0.05, 0) is 87.7 Å². The van der Waals surface area contributed by atoms with Crippen LogP contribution in [0.2, 0.25) is 0 Å². The standard InChI is InChI=1S/C41H50N8O8/c1-10-19-56-39(54)47-34(24(2)3)38(53)42-25(4)35(50)43-29-15-17-30(18-16-29)45-36(51)32-20-27(22-48(32)8)26-11-13-28(14-12-26)44-37(52)33-21-31(23-49(33)9)46-40(55)57-41(5,6)7/h10-18,20-25,34H,1,19H2,2-9H3,(H,42,53)(H,43,50)(H,44,52)(H,45,51)(H,46,55)(H,47,54)/t25-,34-/m0/s1. The van der Waals surface area contributed by atoms with Gasteiger partial charge in [0.05, 0.1) is 5.69 Å². The Kier molecular flexibility index (Phi) is 14.0. The molecule has 6 N–H and O–H groups in total. The quantitative estimate of drug-likeness (QED) is 0.0804. The molecule has 0 radical (unpaired) electrons. The Balaban J connectivity index is 1.30. The van der Waals surface area contributed by atoms with E-state index in [9.17, 15) is 28.8 Å². The van der Waals surface area contributed by atoms with E-state index in [4.69, 9.17) is 9.47 Å². The van der Waals surface area contributed by atoms with E-state index < -0.39 is 41.7 Å². The first-order valence-corrected chi connectivity index (χ1v) is 18.1. The zero-order valence-electron chi connectivity index (χ0n) is 33.3. The fourth-order valence-corrected chi connectivity index (χ4v) is 5.46. The fraction of sp³-hybridized carbons (Fsp3) is 0.317. The summed E-state index contributed by atoms with van der Waals surface area (Å²) in [5.41, 5.74) is 3.56. The minimum absolute atomic E-state index is 0.00819. The third kappa shape index (κ3) is 12.3. The van der Waals surface area contributed by atoms with Gasteiger partial charge in [0, 0.05) is 49.1 Å². The number of hydrogen-bond donors (Lipinski definition) is 6. The predicted molar refractivity (Wildman–Crippen MR) is 218 cm³/mol. The molecule has 302 valence electrons. The Labute approximate surface area is 331 Å². The number of benzene rings is 2. The lowest BCUT2D eigenvalue weighted by atomic mass is 10.0. The molecular weight excluding hydrogens is 732 g/mol. The van der Waals surface area contributed by atoms with E-state index in [-0.39, 0.29) is 24.3 Å². The molecule has 16 nitrogen and oxygen atoms in total. The smallest absolute Gasteiger partial charge is 0.412 e. The summed E-state index contributed by atoms with van der Waals surface area (Å²) in [6.07, 6.45) is 3.45. The van der Waals surface area contributed by atoms with Crippen LogP contribution in [0.25, 0.3) is 11.1 Å². The second kappa shape index (κ2) is 18.7. The highest BCUT2D eigenvalue weighted by Crippen LogP contribution is 2.25. The van der Waals surface area contributed by atoms with Crippen molar-refractivity contribution in [2.75, 3.05) is 27.9 Å². The first-order chi connectivity index (χ1) is 26.8. The number of carbonyl (C=O) groups excluding carboxylic acids is 6. The van der Waals surface area contributed by atoms with Crippen LogP contribution in [0.4, 0.5) is 32.3 Å². The number of anilines is 4. The van der Waals surface area contributed by atoms with E-state index in [1.807, 2.05) is 18.3 Å². The number of nitrogens with zero attached hydrogens (tertiary/aromatic N) is 2. The number of hydrogen-bond acceptors (Lipinski definition) is 8. The molecule has 0 unspecified atom stereocenters. The maximum absolute atomic E-state index is 13.3. The van der Waals surface area contributed by atoms with Crippen molar-refractivity contribution < 1.29 is 38.2 Å². The van der Waals surface area contributed by atoms with Gasteiger partial charge in [0.2, 0.25) is 11.8 Å². The summed E-state index contributed by atoms with van der Waals surface area (Å²) in [6, 6.07) is 15.1. The number of ether oxygens (including phenoxy) is 2. The van der Waals surface area contributed by atoms with E-state index in [1.165, 1.54) is 13.0 Å². The summed E-state index contributed by atoms with van der Waals surface area (Å²) in [5, 5.41) is 16.2. The van der Waals surface area contributed by atoms with Gasteiger partial charge >= 0.3 is 12.2 Å². The molecule has 2 aromatic heterocycles. The molecule has 2 heterocycles. The average Bonchev–Trinajstić information content (AvgIpc) is 3.71. The summed E-state index contributed by atoms with van der Waals surface area (Å²) in [7, 11) is 3.45. The van der Waals surface area contributed by atoms with Gasteiger partial charge in [0.25, 0.3) is 11.8 Å². The van der Waals surface area contributed by atoms with Crippen molar-refractivity contribution in [2.24, 2.45) is 20.0 Å².